The highest BCUT2D eigenvalue weighted by Crippen LogP contribution is 2.19. The molecule has 0 aromatic heterocycles. The number of ether oxygens (including phenoxy) is 1. The Hall–Kier alpha value is -0.610. The molecular weight excluding hydrogens is 170 g/mol. The van der Waals surface area contributed by atoms with Crippen molar-refractivity contribution in [2.24, 2.45) is 0 Å². The van der Waals surface area contributed by atoms with E-state index in [9.17, 15) is 10.0 Å². The van der Waals surface area contributed by atoms with Crippen molar-refractivity contribution in [2.75, 3.05) is 6.54 Å². The Morgan fingerprint density at radius 2 is 2.08 bits per heavy atom. The van der Waals surface area contributed by atoms with Gasteiger partial charge in [0.25, 0.3) is 0 Å². The van der Waals surface area contributed by atoms with Crippen LogP contribution in [0.15, 0.2) is 0 Å². The third kappa shape index (κ3) is 2.97. The van der Waals surface area contributed by atoms with E-state index >= 15 is 0 Å². The number of carbonyl (C=O) groups excluding carboxylic acids is 1. The fourth-order valence-corrected chi connectivity index (χ4v) is 1.35. The van der Waals surface area contributed by atoms with Gasteiger partial charge in [-0.1, -0.05) is 0 Å². The number of esters is 1. The molecule has 0 saturated carbocycles. The minimum Gasteiger partial charge on any atom is -0.459 e. The van der Waals surface area contributed by atoms with Crippen molar-refractivity contribution < 1.29 is 14.7 Å². The van der Waals surface area contributed by atoms with E-state index in [2.05, 4.69) is 0 Å². The summed E-state index contributed by atoms with van der Waals surface area (Å²) in [4.78, 5) is 11.4. The summed E-state index contributed by atoms with van der Waals surface area (Å²) in [5.74, 6) is -0.389. The van der Waals surface area contributed by atoms with Gasteiger partial charge in [0, 0.05) is 6.54 Å². The molecule has 0 aliphatic carbocycles. The first-order valence-electron chi connectivity index (χ1n) is 4.57. The van der Waals surface area contributed by atoms with Gasteiger partial charge >= 0.3 is 5.97 Å². The third-order valence-electron chi connectivity index (χ3n) is 1.88. The first kappa shape index (κ1) is 10.5. The Morgan fingerprint density at radius 3 is 2.46 bits per heavy atom. The fraction of sp³-hybridized carbons (Fsp3) is 0.889. The summed E-state index contributed by atoms with van der Waals surface area (Å²) in [6, 6.07) is -0.570. The molecule has 1 radical (unpaired) electrons. The molecule has 1 aliphatic heterocycles. The highest BCUT2D eigenvalue weighted by molar-refractivity contribution is 5.76. The molecule has 1 aliphatic rings. The SMILES string of the molecule is CC(C)(C)OC(=O)C1CCCN1[O]. The Bertz CT molecular complexity index is 198. The van der Waals surface area contributed by atoms with Crippen molar-refractivity contribution >= 4 is 5.97 Å². The van der Waals surface area contributed by atoms with E-state index in [0.717, 1.165) is 11.5 Å². The van der Waals surface area contributed by atoms with Crippen LogP contribution in [0.3, 0.4) is 0 Å². The molecule has 1 saturated heterocycles. The molecule has 75 valence electrons. The lowest BCUT2D eigenvalue weighted by atomic mass is 10.2. The molecule has 0 bridgehead atoms. The summed E-state index contributed by atoms with van der Waals surface area (Å²) < 4.78 is 5.11. The standard InChI is InChI=1S/C9H16NO3/c1-9(2,3)13-8(11)7-5-4-6-10(7)12/h7H,4-6H2,1-3H3. The van der Waals surface area contributed by atoms with Gasteiger partial charge in [0.1, 0.15) is 11.6 Å². The zero-order chi connectivity index (χ0) is 10.1. The third-order valence-corrected chi connectivity index (χ3v) is 1.88. The van der Waals surface area contributed by atoms with Gasteiger partial charge in [-0.25, -0.2) is 0 Å². The Morgan fingerprint density at radius 1 is 1.46 bits per heavy atom. The first-order valence-corrected chi connectivity index (χ1v) is 4.57. The zero-order valence-electron chi connectivity index (χ0n) is 8.37. The van der Waals surface area contributed by atoms with Gasteiger partial charge < -0.3 is 4.74 Å². The van der Waals surface area contributed by atoms with E-state index < -0.39 is 11.6 Å². The van der Waals surface area contributed by atoms with Gasteiger partial charge in [0.05, 0.1) is 0 Å². The maximum Gasteiger partial charge on any atom is 0.326 e. The van der Waals surface area contributed by atoms with Gasteiger partial charge in [-0.05, 0) is 33.6 Å². The average molecular weight is 186 g/mol. The lowest BCUT2D eigenvalue weighted by Gasteiger charge is -2.23. The maximum atomic E-state index is 11.4. The summed E-state index contributed by atoms with van der Waals surface area (Å²) in [5, 5.41) is 11.9. The van der Waals surface area contributed by atoms with Gasteiger partial charge in [-0.3, -0.25) is 4.79 Å². The predicted molar refractivity (Wildman–Crippen MR) is 46.3 cm³/mol. The topological polar surface area (TPSA) is 49.4 Å². The number of rotatable bonds is 1. The van der Waals surface area contributed by atoms with Crippen LogP contribution in [0, 0.1) is 0 Å². The van der Waals surface area contributed by atoms with Crippen molar-refractivity contribution in [1.29, 1.82) is 0 Å². The van der Waals surface area contributed by atoms with Crippen LogP contribution >= 0.6 is 0 Å². The van der Waals surface area contributed by atoms with Crippen LogP contribution < -0.4 is 0 Å². The van der Waals surface area contributed by atoms with E-state index in [4.69, 9.17) is 4.74 Å². The molecule has 4 heteroatoms. The first-order chi connectivity index (χ1) is 5.90. The minimum absolute atomic E-state index is 0.389. The van der Waals surface area contributed by atoms with Crippen LogP contribution in [0.1, 0.15) is 33.6 Å². The number of hydrogen-bond acceptors (Lipinski definition) is 3. The maximum absolute atomic E-state index is 11.4. The van der Waals surface area contributed by atoms with Crippen LogP contribution in [0.2, 0.25) is 0 Å². The molecule has 0 aromatic rings. The Labute approximate surface area is 78.4 Å². The van der Waals surface area contributed by atoms with Gasteiger partial charge in [-0.15, -0.1) is 10.3 Å². The van der Waals surface area contributed by atoms with E-state index in [1.165, 1.54) is 0 Å². The summed E-state index contributed by atoms with van der Waals surface area (Å²) in [6.45, 7) is 5.85. The molecule has 13 heavy (non-hydrogen) atoms. The van der Waals surface area contributed by atoms with Gasteiger partial charge in [0.2, 0.25) is 0 Å². The highest BCUT2D eigenvalue weighted by atomic mass is 16.6. The van der Waals surface area contributed by atoms with Crippen molar-refractivity contribution in [2.45, 2.75) is 45.3 Å². The summed E-state index contributed by atoms with van der Waals surface area (Å²) in [6.07, 6.45) is 1.41. The quantitative estimate of drug-likeness (QED) is 0.577. The lowest BCUT2D eigenvalue weighted by Crippen LogP contribution is -2.38. The number of nitrogens with zero attached hydrogens (tertiary/aromatic N) is 1. The van der Waals surface area contributed by atoms with Crippen molar-refractivity contribution in [3.63, 3.8) is 0 Å². The average Bonchev–Trinajstić information content (AvgIpc) is 2.30. The smallest absolute Gasteiger partial charge is 0.326 e. The molecular formula is C9H16NO3. The second kappa shape index (κ2) is 3.64. The monoisotopic (exact) mass is 186 g/mol. The van der Waals surface area contributed by atoms with E-state index in [0.29, 0.717) is 13.0 Å². The van der Waals surface area contributed by atoms with E-state index in [-0.39, 0.29) is 5.97 Å². The van der Waals surface area contributed by atoms with Gasteiger partial charge in [-0.2, -0.15) is 0 Å². The second-order valence-corrected chi connectivity index (χ2v) is 4.33. The molecule has 4 nitrogen and oxygen atoms in total. The van der Waals surface area contributed by atoms with Crippen LogP contribution in [0.4, 0.5) is 0 Å². The molecule has 0 aromatic carbocycles. The van der Waals surface area contributed by atoms with E-state index in [1.807, 2.05) is 0 Å². The fourth-order valence-electron chi connectivity index (χ4n) is 1.35. The Kier molecular flexibility index (Phi) is 2.93. The number of hydroxylamine groups is 2. The highest BCUT2D eigenvalue weighted by Gasteiger charge is 2.34. The van der Waals surface area contributed by atoms with Crippen LogP contribution in [0.5, 0.6) is 0 Å². The molecule has 0 amide bonds. The van der Waals surface area contributed by atoms with Crippen LogP contribution in [-0.2, 0) is 14.7 Å². The molecule has 1 rings (SSSR count). The molecule has 1 atom stereocenters. The predicted octanol–water partition coefficient (Wildman–Crippen LogP) is 1.14. The van der Waals surface area contributed by atoms with Crippen molar-refractivity contribution in [1.82, 2.24) is 5.06 Å². The number of carbonyl (C=O) groups is 1. The molecule has 1 unspecified atom stereocenters. The van der Waals surface area contributed by atoms with E-state index in [1.54, 1.807) is 20.8 Å². The summed E-state index contributed by atoms with van der Waals surface area (Å²) in [7, 11) is 0. The van der Waals surface area contributed by atoms with Crippen LogP contribution in [-0.4, -0.2) is 29.2 Å². The molecule has 0 spiro atoms. The van der Waals surface area contributed by atoms with Gasteiger partial charge in [0.15, 0.2) is 0 Å². The second-order valence-electron chi connectivity index (χ2n) is 4.33. The van der Waals surface area contributed by atoms with Crippen LogP contribution in [0.25, 0.3) is 0 Å². The van der Waals surface area contributed by atoms with Crippen molar-refractivity contribution in [3.05, 3.63) is 0 Å². The molecule has 1 heterocycles. The normalized spacial score (nSPS) is 24.8. The van der Waals surface area contributed by atoms with Crippen molar-refractivity contribution in [3.8, 4) is 0 Å². The molecule has 1 fully saturated rings. The largest absolute Gasteiger partial charge is 0.459 e. The molecule has 0 N–H and O–H groups in total. The summed E-state index contributed by atoms with van der Waals surface area (Å²) in [5.41, 5.74) is -0.499. The number of hydrogen-bond donors (Lipinski definition) is 0. The minimum atomic E-state index is -0.570. The Balaban J connectivity index is 2.48. The lowest BCUT2D eigenvalue weighted by molar-refractivity contribution is -0.196. The zero-order valence-corrected chi connectivity index (χ0v) is 8.37. The summed E-state index contributed by atoms with van der Waals surface area (Å²) >= 11 is 0.